The van der Waals surface area contributed by atoms with Crippen molar-refractivity contribution in [2.45, 2.75) is 51.5 Å². The molecule has 0 spiro atoms. The molecule has 1 unspecified atom stereocenters. The number of amides is 1. The van der Waals surface area contributed by atoms with Crippen LogP contribution in [-0.4, -0.2) is 60.2 Å². The van der Waals surface area contributed by atoms with Crippen LogP contribution in [0.1, 0.15) is 48.4 Å². The number of hydrogen-bond acceptors (Lipinski definition) is 7. The maximum absolute atomic E-state index is 11.5. The van der Waals surface area contributed by atoms with Gasteiger partial charge in [-0.3, -0.25) is 9.69 Å². The second kappa shape index (κ2) is 8.77. The number of piperidine rings is 1. The van der Waals surface area contributed by atoms with Gasteiger partial charge in [0, 0.05) is 37.5 Å². The Labute approximate surface area is 181 Å². The first-order valence-electron chi connectivity index (χ1n) is 11.3. The van der Waals surface area contributed by atoms with Crippen LogP contribution < -0.4 is 10.6 Å². The molecule has 1 amide bonds. The Balaban J connectivity index is 1.51. The Morgan fingerprint density at radius 3 is 2.80 bits per heavy atom. The molecule has 3 aliphatic rings. The zero-order valence-corrected chi connectivity index (χ0v) is 18.4. The van der Waals surface area contributed by atoms with E-state index in [4.69, 9.17) is 20.4 Å². The van der Waals surface area contributed by atoms with Crippen molar-refractivity contribution in [3.8, 4) is 0 Å². The van der Waals surface area contributed by atoms with Crippen LogP contribution in [0.4, 0.5) is 5.82 Å². The second-order valence-corrected chi connectivity index (χ2v) is 9.95. The summed E-state index contributed by atoms with van der Waals surface area (Å²) in [6.45, 7) is 6.05. The zero-order chi connectivity index (χ0) is 20.5. The smallest absolute Gasteiger partial charge is 0.217 e. The van der Waals surface area contributed by atoms with E-state index >= 15 is 0 Å². The number of thiophene rings is 1. The minimum absolute atomic E-state index is 0.199. The SMILES string of the molecule is NC(=O)CC1CCCN(c2nc(CN3CCOCC3)nc3sc4c(c23)CCCC4)C1. The molecule has 7 nitrogen and oxygen atoms in total. The Morgan fingerprint density at radius 2 is 1.97 bits per heavy atom. The van der Waals surface area contributed by atoms with Gasteiger partial charge in [0.25, 0.3) is 0 Å². The molecule has 0 aromatic carbocycles. The summed E-state index contributed by atoms with van der Waals surface area (Å²) in [4.78, 5) is 29.1. The lowest BCUT2D eigenvalue weighted by Crippen LogP contribution is -2.38. The van der Waals surface area contributed by atoms with Crippen LogP contribution in [0.25, 0.3) is 10.2 Å². The summed E-state index contributed by atoms with van der Waals surface area (Å²) in [5, 5.41) is 1.28. The van der Waals surface area contributed by atoms with Gasteiger partial charge < -0.3 is 15.4 Å². The van der Waals surface area contributed by atoms with Gasteiger partial charge in [-0.05, 0) is 50.0 Å². The first-order chi connectivity index (χ1) is 14.7. The fraction of sp³-hybridized carbons (Fsp3) is 0.682. The topological polar surface area (TPSA) is 84.6 Å². The van der Waals surface area contributed by atoms with Crippen molar-refractivity contribution in [1.82, 2.24) is 14.9 Å². The summed E-state index contributed by atoms with van der Waals surface area (Å²) in [6, 6.07) is 0. The van der Waals surface area contributed by atoms with Crippen LogP contribution in [0.2, 0.25) is 0 Å². The van der Waals surface area contributed by atoms with E-state index in [1.54, 1.807) is 0 Å². The van der Waals surface area contributed by atoms with Gasteiger partial charge in [-0.15, -0.1) is 11.3 Å². The molecule has 2 fully saturated rings. The molecule has 0 bridgehead atoms. The first-order valence-corrected chi connectivity index (χ1v) is 12.1. The maximum atomic E-state index is 11.5. The quantitative estimate of drug-likeness (QED) is 0.786. The van der Waals surface area contributed by atoms with Gasteiger partial charge in [0.15, 0.2) is 0 Å². The first kappa shape index (κ1) is 20.2. The van der Waals surface area contributed by atoms with Crippen molar-refractivity contribution in [2.75, 3.05) is 44.3 Å². The number of aryl methyl sites for hydroxylation is 2. The highest BCUT2D eigenvalue weighted by Gasteiger charge is 2.28. The summed E-state index contributed by atoms with van der Waals surface area (Å²) in [5.74, 6) is 2.13. The van der Waals surface area contributed by atoms with Gasteiger partial charge in [0.1, 0.15) is 16.5 Å². The number of ether oxygens (including phenoxy) is 1. The van der Waals surface area contributed by atoms with Crippen molar-refractivity contribution >= 4 is 33.3 Å². The second-order valence-electron chi connectivity index (χ2n) is 8.87. The molecular weight excluding hydrogens is 398 g/mol. The molecule has 162 valence electrons. The third-order valence-electron chi connectivity index (χ3n) is 6.62. The molecule has 4 heterocycles. The number of primary amides is 1. The molecular formula is C22H31N5O2S. The maximum Gasteiger partial charge on any atom is 0.217 e. The fourth-order valence-electron chi connectivity index (χ4n) is 5.15. The van der Waals surface area contributed by atoms with E-state index in [2.05, 4.69) is 9.80 Å². The van der Waals surface area contributed by atoms with Crippen LogP contribution in [0.3, 0.4) is 0 Å². The molecule has 1 atom stereocenters. The van der Waals surface area contributed by atoms with Crippen LogP contribution in [0, 0.1) is 5.92 Å². The highest BCUT2D eigenvalue weighted by atomic mass is 32.1. The normalized spacial score (nSPS) is 22.9. The molecule has 2 aromatic heterocycles. The molecule has 0 radical (unpaired) electrons. The van der Waals surface area contributed by atoms with Gasteiger partial charge in [0.2, 0.25) is 5.91 Å². The molecule has 1 aliphatic carbocycles. The molecule has 5 rings (SSSR count). The molecule has 8 heteroatoms. The highest BCUT2D eigenvalue weighted by molar-refractivity contribution is 7.19. The standard InChI is InChI=1S/C22H31N5O2S/c23-18(28)12-15-4-3-7-27(13-15)21-20-16-5-1-2-6-17(16)30-22(20)25-19(24-21)14-26-8-10-29-11-9-26/h15H,1-14H2,(H2,23,28). The van der Waals surface area contributed by atoms with E-state index in [1.807, 2.05) is 11.3 Å². The summed E-state index contributed by atoms with van der Waals surface area (Å²) in [5.41, 5.74) is 6.98. The average molecular weight is 430 g/mol. The summed E-state index contributed by atoms with van der Waals surface area (Å²) in [7, 11) is 0. The number of rotatable bonds is 5. The number of aromatic nitrogens is 2. The third kappa shape index (κ3) is 4.18. The van der Waals surface area contributed by atoms with E-state index < -0.39 is 0 Å². The van der Waals surface area contributed by atoms with Crippen molar-refractivity contribution in [3.63, 3.8) is 0 Å². The lowest BCUT2D eigenvalue weighted by molar-refractivity contribution is -0.118. The lowest BCUT2D eigenvalue weighted by atomic mass is 9.93. The van der Waals surface area contributed by atoms with Crippen molar-refractivity contribution in [3.05, 3.63) is 16.3 Å². The summed E-state index contributed by atoms with van der Waals surface area (Å²) in [6.07, 6.45) is 7.43. The number of anilines is 1. The van der Waals surface area contributed by atoms with Gasteiger partial charge >= 0.3 is 0 Å². The molecule has 30 heavy (non-hydrogen) atoms. The van der Waals surface area contributed by atoms with E-state index in [0.717, 1.165) is 81.7 Å². The monoisotopic (exact) mass is 429 g/mol. The largest absolute Gasteiger partial charge is 0.379 e. The Bertz CT molecular complexity index is 924. The number of hydrogen-bond donors (Lipinski definition) is 1. The van der Waals surface area contributed by atoms with Crippen LogP contribution >= 0.6 is 11.3 Å². The zero-order valence-electron chi connectivity index (χ0n) is 17.6. The molecule has 2 aromatic rings. The van der Waals surface area contributed by atoms with E-state index in [9.17, 15) is 4.79 Å². The number of nitrogens with two attached hydrogens (primary N) is 1. The predicted molar refractivity (Wildman–Crippen MR) is 119 cm³/mol. The molecule has 2 N–H and O–H groups in total. The van der Waals surface area contributed by atoms with Crippen molar-refractivity contribution in [1.29, 1.82) is 0 Å². The fourth-order valence-corrected chi connectivity index (χ4v) is 6.42. The third-order valence-corrected chi connectivity index (χ3v) is 7.80. The summed E-state index contributed by atoms with van der Waals surface area (Å²) < 4.78 is 5.50. The van der Waals surface area contributed by atoms with Gasteiger partial charge in [-0.25, -0.2) is 9.97 Å². The number of fused-ring (bicyclic) bond motifs is 3. The molecule has 2 aliphatic heterocycles. The minimum atomic E-state index is -0.199. The highest BCUT2D eigenvalue weighted by Crippen LogP contribution is 2.40. The van der Waals surface area contributed by atoms with Crippen LogP contribution in [-0.2, 0) is 28.9 Å². The van der Waals surface area contributed by atoms with Gasteiger partial charge in [-0.1, -0.05) is 0 Å². The van der Waals surface area contributed by atoms with E-state index in [1.165, 1.54) is 35.1 Å². The minimum Gasteiger partial charge on any atom is -0.379 e. The summed E-state index contributed by atoms with van der Waals surface area (Å²) >= 11 is 1.87. The molecule has 0 saturated carbocycles. The van der Waals surface area contributed by atoms with Crippen molar-refractivity contribution < 1.29 is 9.53 Å². The van der Waals surface area contributed by atoms with Crippen LogP contribution in [0.5, 0.6) is 0 Å². The van der Waals surface area contributed by atoms with Crippen molar-refractivity contribution in [2.24, 2.45) is 11.7 Å². The van der Waals surface area contributed by atoms with Gasteiger partial charge in [-0.2, -0.15) is 0 Å². The lowest BCUT2D eigenvalue weighted by Gasteiger charge is -2.34. The number of carbonyl (C=O) groups excluding carboxylic acids is 1. The van der Waals surface area contributed by atoms with E-state index in [-0.39, 0.29) is 5.91 Å². The number of nitrogens with zero attached hydrogens (tertiary/aromatic N) is 4. The van der Waals surface area contributed by atoms with Crippen LogP contribution in [0.15, 0.2) is 0 Å². The Morgan fingerprint density at radius 1 is 1.13 bits per heavy atom. The number of morpholine rings is 1. The average Bonchev–Trinajstić information content (AvgIpc) is 3.12. The molecule has 2 saturated heterocycles. The van der Waals surface area contributed by atoms with E-state index in [0.29, 0.717) is 12.3 Å². The van der Waals surface area contributed by atoms with Gasteiger partial charge in [0.05, 0.1) is 25.1 Å². The predicted octanol–water partition coefficient (Wildman–Crippen LogP) is 2.49. The Kier molecular flexibility index (Phi) is 5.89. The number of carbonyl (C=O) groups is 1. The Hall–Kier alpha value is -1.77.